The SMILES string of the molecule is O=C(O)N1CCN(S(=O)(=O)c2ccc(SCc3ccccc3)cc2)CC1. The van der Waals surface area contributed by atoms with Gasteiger partial charge in [-0.1, -0.05) is 30.3 Å². The molecule has 1 amide bonds. The van der Waals surface area contributed by atoms with Crippen LogP contribution in [0.4, 0.5) is 4.79 Å². The molecule has 0 radical (unpaired) electrons. The van der Waals surface area contributed by atoms with Crippen LogP contribution in [0.15, 0.2) is 64.4 Å². The van der Waals surface area contributed by atoms with Gasteiger partial charge in [0, 0.05) is 36.8 Å². The lowest BCUT2D eigenvalue weighted by Crippen LogP contribution is -2.50. The summed E-state index contributed by atoms with van der Waals surface area (Å²) >= 11 is 1.65. The molecule has 8 heteroatoms. The molecule has 138 valence electrons. The zero-order valence-corrected chi connectivity index (χ0v) is 15.7. The summed E-state index contributed by atoms with van der Waals surface area (Å²) in [7, 11) is -3.59. The molecule has 1 heterocycles. The fraction of sp³-hybridized carbons (Fsp3) is 0.278. The summed E-state index contributed by atoms with van der Waals surface area (Å²) in [6, 6.07) is 16.9. The van der Waals surface area contributed by atoms with Crippen LogP contribution in [0.3, 0.4) is 0 Å². The molecule has 0 spiro atoms. The van der Waals surface area contributed by atoms with E-state index in [0.717, 1.165) is 10.6 Å². The van der Waals surface area contributed by atoms with Crippen molar-refractivity contribution in [3.8, 4) is 0 Å². The van der Waals surface area contributed by atoms with Crippen molar-refractivity contribution in [2.24, 2.45) is 0 Å². The van der Waals surface area contributed by atoms with Crippen molar-refractivity contribution in [1.29, 1.82) is 0 Å². The molecular formula is C18H20N2O4S2. The van der Waals surface area contributed by atoms with E-state index in [2.05, 4.69) is 12.1 Å². The highest BCUT2D eigenvalue weighted by Gasteiger charge is 2.29. The second-order valence-electron chi connectivity index (χ2n) is 5.92. The first-order valence-corrected chi connectivity index (χ1v) is 10.6. The molecule has 0 aliphatic carbocycles. The molecule has 0 saturated carbocycles. The van der Waals surface area contributed by atoms with Crippen molar-refractivity contribution in [2.45, 2.75) is 15.5 Å². The van der Waals surface area contributed by atoms with Gasteiger partial charge in [0.2, 0.25) is 10.0 Å². The molecule has 0 aromatic heterocycles. The third-order valence-corrected chi connectivity index (χ3v) is 7.22. The number of amides is 1. The van der Waals surface area contributed by atoms with Gasteiger partial charge in [-0.2, -0.15) is 4.31 Å². The molecule has 0 atom stereocenters. The fourth-order valence-electron chi connectivity index (χ4n) is 2.72. The normalized spacial score (nSPS) is 15.8. The number of thioether (sulfide) groups is 1. The molecule has 1 aliphatic heterocycles. The van der Waals surface area contributed by atoms with Crippen LogP contribution in [-0.2, 0) is 15.8 Å². The molecule has 26 heavy (non-hydrogen) atoms. The minimum absolute atomic E-state index is 0.180. The molecule has 1 aliphatic rings. The summed E-state index contributed by atoms with van der Waals surface area (Å²) in [6.07, 6.45) is -1.01. The Labute approximate surface area is 157 Å². The molecule has 1 fully saturated rings. The van der Waals surface area contributed by atoms with E-state index in [9.17, 15) is 13.2 Å². The van der Waals surface area contributed by atoms with Crippen LogP contribution in [0.5, 0.6) is 0 Å². The average molecular weight is 393 g/mol. The molecule has 0 unspecified atom stereocenters. The Morgan fingerprint density at radius 1 is 0.962 bits per heavy atom. The molecule has 6 nitrogen and oxygen atoms in total. The van der Waals surface area contributed by atoms with Crippen LogP contribution in [-0.4, -0.2) is 55.0 Å². The minimum Gasteiger partial charge on any atom is -0.465 e. The number of carbonyl (C=O) groups is 1. The quantitative estimate of drug-likeness (QED) is 0.792. The smallest absolute Gasteiger partial charge is 0.407 e. The Morgan fingerprint density at radius 3 is 2.15 bits per heavy atom. The van der Waals surface area contributed by atoms with Crippen molar-refractivity contribution in [3.05, 3.63) is 60.2 Å². The van der Waals surface area contributed by atoms with E-state index in [-0.39, 0.29) is 31.1 Å². The zero-order chi connectivity index (χ0) is 18.6. The fourth-order valence-corrected chi connectivity index (χ4v) is 4.99. The third-order valence-electron chi connectivity index (χ3n) is 4.22. The van der Waals surface area contributed by atoms with Crippen molar-refractivity contribution >= 4 is 27.9 Å². The maximum atomic E-state index is 12.7. The Hall–Kier alpha value is -2.03. The van der Waals surface area contributed by atoms with E-state index in [1.54, 1.807) is 23.9 Å². The van der Waals surface area contributed by atoms with Crippen LogP contribution < -0.4 is 0 Å². The number of nitrogens with zero attached hydrogens (tertiary/aromatic N) is 2. The van der Waals surface area contributed by atoms with Crippen LogP contribution in [0.1, 0.15) is 5.56 Å². The van der Waals surface area contributed by atoms with Gasteiger partial charge in [0.1, 0.15) is 0 Å². The van der Waals surface area contributed by atoms with Crippen molar-refractivity contribution in [2.75, 3.05) is 26.2 Å². The van der Waals surface area contributed by atoms with Gasteiger partial charge < -0.3 is 10.0 Å². The second-order valence-corrected chi connectivity index (χ2v) is 8.91. The van der Waals surface area contributed by atoms with E-state index in [1.165, 1.54) is 14.8 Å². The van der Waals surface area contributed by atoms with Gasteiger partial charge in [-0.3, -0.25) is 0 Å². The predicted molar refractivity (Wildman–Crippen MR) is 101 cm³/mol. The monoisotopic (exact) mass is 392 g/mol. The van der Waals surface area contributed by atoms with Crippen molar-refractivity contribution in [3.63, 3.8) is 0 Å². The topological polar surface area (TPSA) is 77.9 Å². The van der Waals surface area contributed by atoms with Gasteiger partial charge in [0.15, 0.2) is 0 Å². The number of piperazine rings is 1. The standard InChI is InChI=1S/C18H20N2O4S2/c21-18(22)19-10-12-20(13-11-19)26(23,24)17-8-6-16(7-9-17)25-14-15-4-2-1-3-5-15/h1-9H,10-14H2,(H,21,22). The first-order chi connectivity index (χ1) is 12.5. The van der Waals surface area contributed by atoms with Crippen LogP contribution >= 0.6 is 11.8 Å². The summed E-state index contributed by atoms with van der Waals surface area (Å²) in [5, 5.41) is 8.96. The highest BCUT2D eigenvalue weighted by atomic mass is 32.2. The molecule has 1 N–H and O–H groups in total. The van der Waals surface area contributed by atoms with E-state index < -0.39 is 16.1 Å². The van der Waals surface area contributed by atoms with Gasteiger partial charge in [0.25, 0.3) is 0 Å². The largest absolute Gasteiger partial charge is 0.465 e. The maximum absolute atomic E-state index is 12.7. The Morgan fingerprint density at radius 2 is 1.58 bits per heavy atom. The molecule has 2 aromatic rings. The number of sulfonamides is 1. The number of hydrogen-bond donors (Lipinski definition) is 1. The third kappa shape index (κ3) is 4.38. The zero-order valence-electron chi connectivity index (χ0n) is 14.1. The number of rotatable bonds is 5. The molecule has 2 aromatic carbocycles. The van der Waals surface area contributed by atoms with Crippen LogP contribution in [0.2, 0.25) is 0 Å². The van der Waals surface area contributed by atoms with E-state index in [4.69, 9.17) is 5.11 Å². The summed E-state index contributed by atoms with van der Waals surface area (Å²) in [5.41, 5.74) is 1.21. The number of benzene rings is 2. The lowest BCUT2D eigenvalue weighted by Gasteiger charge is -2.32. The van der Waals surface area contributed by atoms with Gasteiger partial charge in [-0.15, -0.1) is 11.8 Å². The van der Waals surface area contributed by atoms with Gasteiger partial charge in [0.05, 0.1) is 4.90 Å². The van der Waals surface area contributed by atoms with Gasteiger partial charge in [-0.05, 0) is 29.8 Å². The van der Waals surface area contributed by atoms with Gasteiger partial charge >= 0.3 is 6.09 Å². The summed E-state index contributed by atoms with van der Waals surface area (Å²) in [4.78, 5) is 13.4. The van der Waals surface area contributed by atoms with E-state index >= 15 is 0 Å². The highest BCUT2D eigenvalue weighted by molar-refractivity contribution is 7.98. The molecular weight excluding hydrogens is 372 g/mol. The summed E-state index contributed by atoms with van der Waals surface area (Å²) in [6.45, 7) is 0.747. The lowest BCUT2D eigenvalue weighted by atomic mass is 10.2. The summed E-state index contributed by atoms with van der Waals surface area (Å²) in [5.74, 6) is 0.823. The Kier molecular flexibility index (Phi) is 5.85. The lowest BCUT2D eigenvalue weighted by molar-refractivity contribution is 0.126. The molecule has 1 saturated heterocycles. The first-order valence-electron chi connectivity index (χ1n) is 8.21. The van der Waals surface area contributed by atoms with E-state index in [0.29, 0.717) is 0 Å². The highest BCUT2D eigenvalue weighted by Crippen LogP contribution is 2.25. The maximum Gasteiger partial charge on any atom is 0.407 e. The average Bonchev–Trinajstić information content (AvgIpc) is 2.67. The second kappa shape index (κ2) is 8.11. The van der Waals surface area contributed by atoms with Gasteiger partial charge in [-0.25, -0.2) is 13.2 Å². The predicted octanol–water partition coefficient (Wildman–Crippen LogP) is 2.96. The van der Waals surface area contributed by atoms with Crippen molar-refractivity contribution in [1.82, 2.24) is 9.21 Å². The van der Waals surface area contributed by atoms with E-state index in [1.807, 2.05) is 30.3 Å². The van der Waals surface area contributed by atoms with Crippen LogP contribution in [0.25, 0.3) is 0 Å². The van der Waals surface area contributed by atoms with Crippen LogP contribution in [0, 0.1) is 0 Å². The number of carboxylic acid groups (broad SMARTS) is 1. The Balaban J connectivity index is 1.63. The summed E-state index contributed by atoms with van der Waals surface area (Å²) < 4.78 is 26.8. The Bertz CT molecular complexity index is 847. The minimum atomic E-state index is -3.59. The number of hydrogen-bond acceptors (Lipinski definition) is 4. The first kappa shape index (κ1) is 18.8. The molecule has 0 bridgehead atoms. The molecule has 3 rings (SSSR count). The van der Waals surface area contributed by atoms with Crippen molar-refractivity contribution < 1.29 is 18.3 Å².